The second-order valence-corrected chi connectivity index (χ2v) is 7.54. The van der Waals surface area contributed by atoms with Gasteiger partial charge in [0.2, 0.25) is 5.91 Å². The summed E-state index contributed by atoms with van der Waals surface area (Å²) in [5.74, 6) is 2.28. The molecule has 0 aliphatic carbocycles. The van der Waals surface area contributed by atoms with E-state index in [1.165, 1.54) is 5.56 Å². The van der Waals surface area contributed by atoms with Gasteiger partial charge in [0, 0.05) is 38.4 Å². The van der Waals surface area contributed by atoms with Crippen LogP contribution in [-0.2, 0) is 17.9 Å². The highest BCUT2D eigenvalue weighted by Crippen LogP contribution is 2.14. The Morgan fingerprint density at radius 3 is 2.48 bits per heavy atom. The Morgan fingerprint density at radius 2 is 1.89 bits per heavy atom. The van der Waals surface area contributed by atoms with Gasteiger partial charge in [-0.05, 0) is 37.7 Å². The molecule has 0 saturated heterocycles. The average molecular weight is 373 g/mol. The summed E-state index contributed by atoms with van der Waals surface area (Å²) in [6.45, 7) is 6.94. The first-order valence-corrected chi connectivity index (χ1v) is 9.44. The number of hydrogen-bond donors (Lipinski definition) is 0. The first kappa shape index (κ1) is 21.0. The second-order valence-electron chi connectivity index (χ2n) is 7.54. The Morgan fingerprint density at radius 1 is 1.19 bits per heavy atom. The van der Waals surface area contributed by atoms with E-state index in [4.69, 9.17) is 4.74 Å². The predicted molar refractivity (Wildman–Crippen MR) is 108 cm³/mol. The molecule has 1 heterocycles. The molecule has 0 aliphatic rings. The molecule has 2 aromatic rings. The van der Waals surface area contributed by atoms with E-state index in [0.29, 0.717) is 25.4 Å². The lowest BCUT2D eigenvalue weighted by molar-refractivity contribution is -0.132. The first-order valence-electron chi connectivity index (χ1n) is 9.44. The number of aromatic nitrogens is 2. The quantitative estimate of drug-likeness (QED) is 0.643. The molecule has 0 spiro atoms. The fraction of sp³-hybridized carbons (Fsp3) is 0.524. The average Bonchev–Trinajstić information content (AvgIpc) is 3.05. The van der Waals surface area contributed by atoms with Gasteiger partial charge >= 0.3 is 0 Å². The third kappa shape index (κ3) is 6.71. The summed E-state index contributed by atoms with van der Waals surface area (Å²) >= 11 is 0. The van der Waals surface area contributed by atoms with Gasteiger partial charge < -0.3 is 19.1 Å². The number of carbonyl (C=O) groups is 1. The zero-order valence-electron chi connectivity index (χ0n) is 17.2. The highest BCUT2D eigenvalue weighted by Gasteiger charge is 2.18. The Kier molecular flexibility index (Phi) is 7.85. The van der Waals surface area contributed by atoms with Crippen molar-refractivity contribution in [1.82, 2.24) is 19.4 Å². The number of hydrogen-bond acceptors (Lipinski definition) is 4. The van der Waals surface area contributed by atoms with E-state index in [-0.39, 0.29) is 5.91 Å². The van der Waals surface area contributed by atoms with Gasteiger partial charge in [0.05, 0.1) is 13.7 Å². The monoisotopic (exact) mass is 372 g/mol. The van der Waals surface area contributed by atoms with Gasteiger partial charge in [-0.2, -0.15) is 0 Å². The SMILES string of the molecule is COc1ccc(Cn2ccnc2CN(CCN(C)C)C(=O)CC(C)C)cc1. The van der Waals surface area contributed by atoms with E-state index in [2.05, 4.69) is 40.4 Å². The van der Waals surface area contributed by atoms with Crippen molar-refractivity contribution in [2.75, 3.05) is 34.3 Å². The molecule has 0 N–H and O–H groups in total. The number of ether oxygens (including phenoxy) is 1. The van der Waals surface area contributed by atoms with Crippen LogP contribution in [0.5, 0.6) is 5.75 Å². The summed E-state index contributed by atoms with van der Waals surface area (Å²) in [4.78, 5) is 21.2. The Hall–Kier alpha value is -2.34. The number of likely N-dealkylation sites (N-methyl/N-ethyl adjacent to an activating group) is 1. The molecule has 0 bridgehead atoms. The predicted octanol–water partition coefficient (Wildman–Crippen LogP) is 2.88. The third-order valence-corrected chi connectivity index (χ3v) is 4.40. The van der Waals surface area contributed by atoms with Gasteiger partial charge in [-0.3, -0.25) is 4.79 Å². The van der Waals surface area contributed by atoms with Crippen molar-refractivity contribution >= 4 is 5.91 Å². The van der Waals surface area contributed by atoms with Crippen LogP contribution in [0.1, 0.15) is 31.7 Å². The van der Waals surface area contributed by atoms with E-state index >= 15 is 0 Å². The summed E-state index contributed by atoms with van der Waals surface area (Å²) in [6.07, 6.45) is 4.33. The molecule has 1 aromatic carbocycles. The van der Waals surface area contributed by atoms with E-state index in [9.17, 15) is 4.79 Å². The Balaban J connectivity index is 2.10. The number of nitrogens with zero attached hydrogens (tertiary/aromatic N) is 4. The zero-order chi connectivity index (χ0) is 19.8. The van der Waals surface area contributed by atoms with Crippen LogP contribution in [0.15, 0.2) is 36.7 Å². The van der Waals surface area contributed by atoms with Crippen LogP contribution < -0.4 is 4.74 Å². The van der Waals surface area contributed by atoms with Crippen LogP contribution in [0.3, 0.4) is 0 Å². The molecule has 0 unspecified atom stereocenters. The maximum absolute atomic E-state index is 12.7. The smallest absolute Gasteiger partial charge is 0.223 e. The minimum atomic E-state index is 0.186. The Bertz CT molecular complexity index is 707. The second kappa shape index (κ2) is 10.1. The van der Waals surface area contributed by atoms with E-state index in [0.717, 1.165) is 24.7 Å². The molecule has 0 saturated carbocycles. The topological polar surface area (TPSA) is 50.6 Å². The summed E-state index contributed by atoms with van der Waals surface area (Å²) in [6, 6.07) is 8.02. The zero-order valence-corrected chi connectivity index (χ0v) is 17.2. The van der Waals surface area contributed by atoms with Crippen molar-refractivity contribution in [2.24, 2.45) is 5.92 Å². The van der Waals surface area contributed by atoms with Crippen LogP contribution in [0.4, 0.5) is 0 Å². The van der Waals surface area contributed by atoms with Crippen molar-refractivity contribution in [2.45, 2.75) is 33.4 Å². The van der Waals surface area contributed by atoms with Crippen molar-refractivity contribution in [1.29, 1.82) is 0 Å². The molecule has 6 heteroatoms. The van der Waals surface area contributed by atoms with Crippen molar-refractivity contribution in [3.63, 3.8) is 0 Å². The molecule has 2 rings (SSSR count). The molecule has 0 atom stereocenters. The maximum atomic E-state index is 12.7. The molecule has 0 fully saturated rings. The minimum Gasteiger partial charge on any atom is -0.497 e. The molecule has 148 valence electrons. The first-order chi connectivity index (χ1) is 12.9. The number of rotatable bonds is 10. The number of methoxy groups -OCH3 is 1. The molecular formula is C21H32N4O2. The lowest BCUT2D eigenvalue weighted by atomic mass is 10.1. The lowest BCUT2D eigenvalue weighted by Crippen LogP contribution is -2.37. The molecule has 1 aromatic heterocycles. The number of carbonyl (C=O) groups excluding carboxylic acids is 1. The normalized spacial score (nSPS) is 11.2. The summed E-state index contributed by atoms with van der Waals surface area (Å²) < 4.78 is 7.32. The Labute approximate surface area is 162 Å². The fourth-order valence-corrected chi connectivity index (χ4v) is 2.82. The molecule has 27 heavy (non-hydrogen) atoms. The number of amides is 1. The molecule has 0 radical (unpaired) electrons. The molecule has 1 amide bonds. The van der Waals surface area contributed by atoms with Gasteiger partial charge in [0.25, 0.3) is 0 Å². The standard InChI is InChI=1S/C21H32N4O2/c1-17(2)14-21(26)25(13-12-23(3)4)16-20-22-10-11-24(20)15-18-6-8-19(27-5)9-7-18/h6-11,17H,12-16H2,1-5H3. The number of imidazole rings is 1. The van der Waals surface area contributed by atoms with Crippen LogP contribution in [0.25, 0.3) is 0 Å². The maximum Gasteiger partial charge on any atom is 0.223 e. The van der Waals surface area contributed by atoms with Crippen molar-refractivity contribution in [3.8, 4) is 5.75 Å². The number of benzene rings is 1. The van der Waals surface area contributed by atoms with Crippen molar-refractivity contribution in [3.05, 3.63) is 48.0 Å². The van der Waals surface area contributed by atoms with Gasteiger partial charge in [-0.25, -0.2) is 4.98 Å². The summed E-state index contributed by atoms with van der Waals surface area (Å²) in [5.41, 5.74) is 1.17. The van der Waals surface area contributed by atoms with Crippen LogP contribution in [-0.4, -0.2) is 59.6 Å². The molecular weight excluding hydrogens is 340 g/mol. The van der Waals surface area contributed by atoms with Gasteiger partial charge in [-0.15, -0.1) is 0 Å². The minimum absolute atomic E-state index is 0.186. The van der Waals surface area contributed by atoms with E-state index in [1.54, 1.807) is 13.3 Å². The van der Waals surface area contributed by atoms with Crippen LogP contribution in [0.2, 0.25) is 0 Å². The highest BCUT2D eigenvalue weighted by molar-refractivity contribution is 5.76. The molecule has 0 aliphatic heterocycles. The van der Waals surface area contributed by atoms with Crippen LogP contribution >= 0.6 is 0 Å². The van der Waals surface area contributed by atoms with Crippen LogP contribution in [0, 0.1) is 5.92 Å². The fourth-order valence-electron chi connectivity index (χ4n) is 2.82. The summed E-state index contributed by atoms with van der Waals surface area (Å²) in [5, 5.41) is 0. The van der Waals surface area contributed by atoms with E-state index in [1.807, 2.05) is 37.3 Å². The molecule has 6 nitrogen and oxygen atoms in total. The van der Waals surface area contributed by atoms with E-state index < -0.39 is 0 Å². The summed E-state index contributed by atoms with van der Waals surface area (Å²) in [7, 11) is 5.71. The largest absolute Gasteiger partial charge is 0.497 e. The third-order valence-electron chi connectivity index (χ3n) is 4.40. The van der Waals surface area contributed by atoms with Gasteiger partial charge in [0.15, 0.2) is 0 Å². The van der Waals surface area contributed by atoms with Crippen molar-refractivity contribution < 1.29 is 9.53 Å². The van der Waals surface area contributed by atoms with Gasteiger partial charge in [-0.1, -0.05) is 26.0 Å². The van der Waals surface area contributed by atoms with Gasteiger partial charge in [0.1, 0.15) is 11.6 Å². The highest BCUT2D eigenvalue weighted by atomic mass is 16.5. The lowest BCUT2D eigenvalue weighted by Gasteiger charge is -2.25.